The van der Waals surface area contributed by atoms with Crippen LogP contribution in [0.3, 0.4) is 0 Å². The van der Waals surface area contributed by atoms with E-state index in [1.165, 1.54) is 12.1 Å². The predicted molar refractivity (Wildman–Crippen MR) is 143 cm³/mol. The van der Waals surface area contributed by atoms with Gasteiger partial charge in [0.1, 0.15) is 12.1 Å². The summed E-state index contributed by atoms with van der Waals surface area (Å²) >= 11 is 0. The summed E-state index contributed by atoms with van der Waals surface area (Å²) in [5.41, 5.74) is 1.57. The van der Waals surface area contributed by atoms with Gasteiger partial charge in [0.05, 0.1) is 11.4 Å². The van der Waals surface area contributed by atoms with Crippen LogP contribution >= 0.6 is 0 Å². The summed E-state index contributed by atoms with van der Waals surface area (Å²) in [7, 11) is -3.94. The lowest BCUT2D eigenvalue weighted by atomic mass is 10.1. The molecule has 2 amide bonds. The Hall–Kier alpha value is -3.90. The molecular weight excluding hydrogens is 524 g/mol. The molecule has 0 bridgehead atoms. The van der Waals surface area contributed by atoms with E-state index in [2.05, 4.69) is 10.6 Å². The number of sulfonamides is 1. The molecule has 1 saturated heterocycles. The van der Waals surface area contributed by atoms with Gasteiger partial charge in [-0.3, -0.25) is 14.4 Å². The molecule has 0 radical (unpaired) electrons. The van der Waals surface area contributed by atoms with Crippen molar-refractivity contribution < 1.29 is 32.7 Å². The molecule has 1 aliphatic heterocycles. The minimum Gasteiger partial charge on any atom is -0.480 e. The maximum absolute atomic E-state index is 13.0. The van der Waals surface area contributed by atoms with E-state index < -0.39 is 45.7 Å². The molecule has 4 N–H and O–H groups in total. The van der Waals surface area contributed by atoms with Crippen molar-refractivity contribution in [2.75, 3.05) is 13.1 Å². The summed E-state index contributed by atoms with van der Waals surface area (Å²) in [5, 5.41) is 22.1. The average Bonchev–Trinajstić information content (AvgIpc) is 3.41. The first kappa shape index (κ1) is 29.7. The number of carboxylic acids is 1. The largest absolute Gasteiger partial charge is 0.480 e. The van der Waals surface area contributed by atoms with E-state index >= 15 is 0 Å². The number of Topliss-reactive ketones (excluding diaryl/α,β-unsaturated/α-hetero) is 1. The Balaban J connectivity index is 1.54. The van der Waals surface area contributed by atoms with Crippen molar-refractivity contribution in [3.05, 3.63) is 65.7 Å². The normalized spacial score (nSPS) is 16.3. The van der Waals surface area contributed by atoms with E-state index in [1.54, 1.807) is 49.4 Å². The summed E-state index contributed by atoms with van der Waals surface area (Å²) in [6.45, 7) is 1.47. The monoisotopic (exact) mass is 556 g/mol. The highest BCUT2D eigenvalue weighted by Gasteiger charge is 2.40. The van der Waals surface area contributed by atoms with Crippen molar-refractivity contribution in [3.63, 3.8) is 0 Å². The molecule has 12 heteroatoms. The number of hydrogen-bond donors (Lipinski definition) is 4. The molecule has 1 aliphatic rings. The van der Waals surface area contributed by atoms with Gasteiger partial charge in [-0.25, -0.2) is 13.2 Å². The van der Waals surface area contributed by atoms with Gasteiger partial charge >= 0.3 is 5.97 Å². The predicted octanol–water partition coefficient (Wildman–Crippen LogP) is 1.77. The summed E-state index contributed by atoms with van der Waals surface area (Å²) in [5.74, 6) is -2.99. The second-order valence-corrected chi connectivity index (χ2v) is 11.3. The number of ketones is 1. The number of hydrogen-bond acceptors (Lipinski definition) is 7. The summed E-state index contributed by atoms with van der Waals surface area (Å²) in [4.78, 5) is 49.5. The number of carboxylic acid groups (broad SMARTS) is 1. The fourth-order valence-electron chi connectivity index (χ4n) is 4.35. The van der Waals surface area contributed by atoms with Crippen LogP contribution in [-0.4, -0.2) is 72.3 Å². The van der Waals surface area contributed by atoms with Gasteiger partial charge in [0.25, 0.3) is 5.91 Å². The van der Waals surface area contributed by atoms with E-state index in [1.807, 2.05) is 0 Å². The molecule has 2 aromatic rings. The first-order valence-corrected chi connectivity index (χ1v) is 14.0. The zero-order valence-corrected chi connectivity index (χ0v) is 22.4. The molecular formula is C27H32N4O7S. The molecule has 2 aromatic carbocycles. The van der Waals surface area contributed by atoms with Gasteiger partial charge in [-0.15, -0.1) is 0 Å². The molecule has 0 saturated carbocycles. The molecule has 0 aromatic heterocycles. The van der Waals surface area contributed by atoms with Gasteiger partial charge < -0.3 is 21.1 Å². The summed E-state index contributed by atoms with van der Waals surface area (Å²) in [6.07, 6.45) is 0.655. The molecule has 1 fully saturated rings. The Morgan fingerprint density at radius 1 is 1.10 bits per heavy atom. The number of rotatable bonds is 13. The zero-order chi connectivity index (χ0) is 28.6. The highest BCUT2D eigenvalue weighted by atomic mass is 32.2. The molecule has 2 atom stereocenters. The molecule has 39 heavy (non-hydrogen) atoms. The molecule has 208 valence electrons. The van der Waals surface area contributed by atoms with Crippen LogP contribution in [0.4, 0.5) is 0 Å². The van der Waals surface area contributed by atoms with Gasteiger partial charge in [-0.05, 0) is 56.0 Å². The van der Waals surface area contributed by atoms with Crippen molar-refractivity contribution in [1.82, 2.24) is 14.9 Å². The highest BCUT2D eigenvalue weighted by Crippen LogP contribution is 2.26. The Kier molecular flexibility index (Phi) is 10.1. The van der Waals surface area contributed by atoms with Gasteiger partial charge in [-0.2, -0.15) is 4.31 Å². The molecule has 3 rings (SSSR count). The van der Waals surface area contributed by atoms with Crippen LogP contribution in [0.1, 0.15) is 48.5 Å². The first-order valence-electron chi connectivity index (χ1n) is 12.5. The van der Waals surface area contributed by atoms with E-state index in [4.69, 9.17) is 5.41 Å². The molecule has 0 aliphatic carbocycles. The Morgan fingerprint density at radius 2 is 1.82 bits per heavy atom. The standard InChI is InChI=1S/C27H32N4O7S/c1-18(28)15-19-7-5-8-20(16-19)25(33)29-17-21(32)12-13-23(27(35)36)30-26(34)24-11-6-14-31(24)39(37,38)22-9-3-2-4-10-22/h2-5,7-10,16,23-24,28H,6,11-15,17H2,1H3,(H,29,33)(H,30,34)(H,35,36)/t23-,24?/m0/s1. The van der Waals surface area contributed by atoms with Gasteiger partial charge in [-0.1, -0.05) is 30.3 Å². The van der Waals surface area contributed by atoms with Crippen molar-refractivity contribution in [2.45, 2.75) is 56.0 Å². The van der Waals surface area contributed by atoms with Gasteiger partial charge in [0.15, 0.2) is 5.78 Å². The third-order valence-electron chi connectivity index (χ3n) is 6.29. The van der Waals surface area contributed by atoms with Crippen LogP contribution in [-0.2, 0) is 30.8 Å². The number of amides is 2. The Labute approximate surface area is 227 Å². The number of carbonyl (C=O) groups excluding carboxylic acids is 3. The minimum atomic E-state index is -3.94. The Morgan fingerprint density at radius 3 is 2.49 bits per heavy atom. The summed E-state index contributed by atoms with van der Waals surface area (Å²) < 4.78 is 27.1. The van der Waals surface area contributed by atoms with Gasteiger partial charge in [0, 0.05) is 30.7 Å². The maximum atomic E-state index is 13.0. The number of nitrogens with one attached hydrogen (secondary N) is 3. The maximum Gasteiger partial charge on any atom is 0.326 e. The molecule has 11 nitrogen and oxygen atoms in total. The Bertz CT molecular complexity index is 1340. The third kappa shape index (κ3) is 8.04. The average molecular weight is 557 g/mol. The molecule has 1 heterocycles. The second kappa shape index (κ2) is 13.3. The lowest BCUT2D eigenvalue weighted by Crippen LogP contribution is -2.51. The number of benzene rings is 2. The van der Waals surface area contributed by atoms with E-state index in [9.17, 15) is 32.7 Å². The number of nitrogens with zero attached hydrogens (tertiary/aromatic N) is 1. The first-order chi connectivity index (χ1) is 18.5. The quantitative estimate of drug-likeness (QED) is 0.272. The van der Waals surface area contributed by atoms with Crippen molar-refractivity contribution in [1.29, 1.82) is 5.41 Å². The molecule has 0 spiro atoms. The zero-order valence-electron chi connectivity index (χ0n) is 21.6. The van der Waals surface area contributed by atoms with Crippen molar-refractivity contribution >= 4 is 39.3 Å². The van der Waals surface area contributed by atoms with Crippen LogP contribution in [0.5, 0.6) is 0 Å². The van der Waals surface area contributed by atoms with Gasteiger partial charge in [0.2, 0.25) is 15.9 Å². The third-order valence-corrected chi connectivity index (χ3v) is 8.21. The minimum absolute atomic E-state index is 0.0451. The summed E-state index contributed by atoms with van der Waals surface area (Å²) in [6, 6.07) is 11.9. The fourth-order valence-corrected chi connectivity index (χ4v) is 6.02. The number of carbonyl (C=O) groups is 4. The SMILES string of the molecule is CC(=N)Cc1cccc(C(=O)NCC(=O)CC[C@H](NC(=O)C2CCCN2S(=O)(=O)c2ccccc2)C(=O)O)c1. The van der Waals surface area contributed by atoms with E-state index in [0.717, 1.165) is 9.87 Å². The van der Waals surface area contributed by atoms with E-state index in [-0.39, 0.29) is 37.2 Å². The van der Waals surface area contributed by atoms with Crippen LogP contribution in [0.2, 0.25) is 0 Å². The van der Waals surface area contributed by atoms with E-state index in [0.29, 0.717) is 24.1 Å². The van der Waals surface area contributed by atoms with Crippen molar-refractivity contribution in [2.24, 2.45) is 0 Å². The van der Waals surface area contributed by atoms with Crippen LogP contribution in [0.15, 0.2) is 59.5 Å². The van der Waals surface area contributed by atoms with Crippen LogP contribution in [0.25, 0.3) is 0 Å². The topological polar surface area (TPSA) is 174 Å². The fraction of sp³-hybridized carbons (Fsp3) is 0.370. The molecule has 1 unspecified atom stereocenters. The number of aliphatic carboxylic acids is 1. The lowest BCUT2D eigenvalue weighted by molar-refractivity contribution is -0.142. The second-order valence-electron chi connectivity index (χ2n) is 9.40. The highest BCUT2D eigenvalue weighted by molar-refractivity contribution is 7.89. The van der Waals surface area contributed by atoms with Crippen LogP contribution in [0, 0.1) is 5.41 Å². The van der Waals surface area contributed by atoms with Crippen LogP contribution < -0.4 is 10.6 Å². The van der Waals surface area contributed by atoms with Crippen molar-refractivity contribution in [3.8, 4) is 0 Å². The lowest BCUT2D eigenvalue weighted by Gasteiger charge is -2.25. The smallest absolute Gasteiger partial charge is 0.326 e.